The highest BCUT2D eigenvalue weighted by molar-refractivity contribution is 5.71. The molecule has 0 aromatic rings. The number of carbonyl (C=O) groups excluding carboxylic acids is 3. The second-order valence-corrected chi connectivity index (χ2v) is 18.8. The topological polar surface area (TPSA) is 78.9 Å². The molecule has 0 aliphatic rings. The van der Waals surface area contributed by atoms with Crippen molar-refractivity contribution in [1.82, 2.24) is 0 Å². The molecule has 6 heteroatoms. The molecule has 1 unspecified atom stereocenters. The Kier molecular flexibility index (Phi) is 52.8. The molecule has 0 saturated carbocycles. The first-order valence-corrected chi connectivity index (χ1v) is 28.4. The molecule has 0 aromatic heterocycles. The standard InChI is InChI=1S/C61H106O6/c1-4-7-10-13-16-19-22-25-27-29-30-32-33-36-39-42-45-48-51-54-60(63)66-57-58(56-65-59(62)53-50-47-44-41-38-35-24-21-18-15-12-9-6-3)67-61(64)55-52-49-46-43-40-37-34-31-28-26-23-20-17-14-11-8-5-2/h17,20,26,28,34-35,37-38,43-44,46-47,58H,4-16,18-19,21-25,27,29-33,36,39-42,45,48-57H2,1-3H3/b20-17-,28-26-,37-34-,38-35-,46-43-,47-44-. The van der Waals surface area contributed by atoms with Crippen LogP contribution in [0.25, 0.3) is 0 Å². The fourth-order valence-electron chi connectivity index (χ4n) is 7.90. The second kappa shape index (κ2) is 55.4. The molecular formula is C61H106O6. The first-order chi connectivity index (χ1) is 33.0. The Morgan fingerprint density at radius 3 is 1.00 bits per heavy atom. The lowest BCUT2D eigenvalue weighted by atomic mass is 10.0. The number of carbonyl (C=O) groups is 3. The van der Waals surface area contributed by atoms with E-state index in [4.69, 9.17) is 14.2 Å². The Bertz CT molecular complexity index is 1260. The number of rotatable bonds is 51. The summed E-state index contributed by atoms with van der Waals surface area (Å²) >= 11 is 0. The van der Waals surface area contributed by atoms with Gasteiger partial charge < -0.3 is 14.2 Å². The molecule has 0 fully saturated rings. The number of unbranched alkanes of at least 4 members (excludes halogenated alkanes) is 28. The van der Waals surface area contributed by atoms with Crippen LogP contribution >= 0.6 is 0 Å². The minimum atomic E-state index is -0.825. The van der Waals surface area contributed by atoms with Gasteiger partial charge in [-0.3, -0.25) is 14.4 Å². The summed E-state index contributed by atoms with van der Waals surface area (Å²) < 4.78 is 16.7. The maximum absolute atomic E-state index is 12.8. The Labute approximate surface area is 414 Å². The third kappa shape index (κ3) is 53.7. The van der Waals surface area contributed by atoms with Crippen molar-refractivity contribution < 1.29 is 28.6 Å². The van der Waals surface area contributed by atoms with Crippen molar-refractivity contribution in [2.45, 2.75) is 284 Å². The van der Waals surface area contributed by atoms with Gasteiger partial charge in [-0.15, -0.1) is 0 Å². The van der Waals surface area contributed by atoms with Crippen molar-refractivity contribution in [2.75, 3.05) is 13.2 Å². The van der Waals surface area contributed by atoms with Gasteiger partial charge in [0.25, 0.3) is 0 Å². The van der Waals surface area contributed by atoms with Crippen LogP contribution in [-0.4, -0.2) is 37.2 Å². The fourth-order valence-corrected chi connectivity index (χ4v) is 7.90. The van der Waals surface area contributed by atoms with Crippen molar-refractivity contribution >= 4 is 17.9 Å². The van der Waals surface area contributed by atoms with Crippen molar-refractivity contribution in [3.8, 4) is 0 Å². The van der Waals surface area contributed by atoms with Gasteiger partial charge >= 0.3 is 17.9 Å². The van der Waals surface area contributed by atoms with E-state index < -0.39 is 6.10 Å². The number of allylic oxidation sites excluding steroid dienone is 12. The SMILES string of the molecule is CCCCC/C=C\C/C=C\C/C=C\C/C=C\CCCC(=O)OC(COC(=O)CC/C=C\C/C=C\CCCCCCCC)COC(=O)CCCCCCCCCCCCCCCCCCCCC. The van der Waals surface area contributed by atoms with Crippen LogP contribution in [0.3, 0.4) is 0 Å². The number of ether oxygens (including phenoxy) is 3. The molecule has 0 spiro atoms. The summed E-state index contributed by atoms with van der Waals surface area (Å²) in [4.78, 5) is 38.0. The van der Waals surface area contributed by atoms with Gasteiger partial charge in [0.15, 0.2) is 6.10 Å². The van der Waals surface area contributed by atoms with Gasteiger partial charge in [-0.05, 0) is 77.0 Å². The van der Waals surface area contributed by atoms with E-state index in [9.17, 15) is 14.4 Å². The van der Waals surface area contributed by atoms with Crippen LogP contribution in [0.5, 0.6) is 0 Å². The van der Waals surface area contributed by atoms with Crippen molar-refractivity contribution in [3.05, 3.63) is 72.9 Å². The molecule has 0 aromatic carbocycles. The van der Waals surface area contributed by atoms with Gasteiger partial charge in [0, 0.05) is 19.3 Å². The van der Waals surface area contributed by atoms with Crippen LogP contribution < -0.4 is 0 Å². The van der Waals surface area contributed by atoms with Gasteiger partial charge in [-0.1, -0.05) is 254 Å². The monoisotopic (exact) mass is 935 g/mol. The van der Waals surface area contributed by atoms with Gasteiger partial charge in [0.2, 0.25) is 0 Å². The summed E-state index contributed by atoms with van der Waals surface area (Å²) in [6, 6.07) is 0. The Morgan fingerprint density at radius 2 is 0.582 bits per heavy atom. The third-order valence-electron chi connectivity index (χ3n) is 12.2. The predicted molar refractivity (Wildman–Crippen MR) is 288 cm³/mol. The number of esters is 3. The summed E-state index contributed by atoms with van der Waals surface area (Å²) in [6.45, 7) is 6.53. The zero-order valence-electron chi connectivity index (χ0n) is 44.2. The molecule has 0 radical (unpaired) electrons. The highest BCUT2D eigenvalue weighted by atomic mass is 16.6. The molecule has 0 aliphatic heterocycles. The first-order valence-electron chi connectivity index (χ1n) is 28.4. The Balaban J connectivity index is 4.46. The summed E-state index contributed by atoms with van der Waals surface area (Å²) in [5.41, 5.74) is 0. The molecular weight excluding hydrogens is 829 g/mol. The van der Waals surface area contributed by atoms with E-state index in [-0.39, 0.29) is 44.0 Å². The van der Waals surface area contributed by atoms with Crippen molar-refractivity contribution in [2.24, 2.45) is 0 Å². The molecule has 0 heterocycles. The maximum Gasteiger partial charge on any atom is 0.306 e. The first kappa shape index (κ1) is 63.8. The van der Waals surface area contributed by atoms with E-state index in [1.807, 2.05) is 6.08 Å². The van der Waals surface area contributed by atoms with E-state index in [1.165, 1.54) is 167 Å². The van der Waals surface area contributed by atoms with Crippen molar-refractivity contribution in [1.29, 1.82) is 0 Å². The summed E-state index contributed by atoms with van der Waals surface area (Å²) in [5, 5.41) is 0. The molecule has 0 rings (SSSR count). The average Bonchev–Trinajstić information content (AvgIpc) is 3.33. The highest BCUT2D eigenvalue weighted by Crippen LogP contribution is 2.16. The van der Waals surface area contributed by atoms with Gasteiger partial charge in [-0.2, -0.15) is 0 Å². The molecule has 0 saturated heterocycles. The molecule has 6 nitrogen and oxygen atoms in total. The maximum atomic E-state index is 12.8. The largest absolute Gasteiger partial charge is 0.462 e. The van der Waals surface area contributed by atoms with Crippen LogP contribution in [0.1, 0.15) is 278 Å². The highest BCUT2D eigenvalue weighted by Gasteiger charge is 2.19. The van der Waals surface area contributed by atoms with Gasteiger partial charge in [-0.25, -0.2) is 0 Å². The minimum absolute atomic E-state index is 0.112. The van der Waals surface area contributed by atoms with Crippen LogP contribution in [0.2, 0.25) is 0 Å². The zero-order chi connectivity index (χ0) is 48.6. The second-order valence-electron chi connectivity index (χ2n) is 18.8. The molecule has 0 aliphatic carbocycles. The minimum Gasteiger partial charge on any atom is -0.462 e. The van der Waals surface area contributed by atoms with Crippen LogP contribution in [0, 0.1) is 0 Å². The van der Waals surface area contributed by atoms with E-state index in [0.29, 0.717) is 19.3 Å². The van der Waals surface area contributed by atoms with E-state index in [1.54, 1.807) is 0 Å². The lowest BCUT2D eigenvalue weighted by Gasteiger charge is -2.18. The fraction of sp³-hybridized carbons (Fsp3) is 0.754. The van der Waals surface area contributed by atoms with E-state index in [2.05, 4.69) is 87.6 Å². The van der Waals surface area contributed by atoms with Gasteiger partial charge in [0.05, 0.1) is 0 Å². The molecule has 0 bridgehead atoms. The van der Waals surface area contributed by atoms with E-state index in [0.717, 1.165) is 57.8 Å². The summed E-state index contributed by atoms with van der Waals surface area (Å²) in [5.74, 6) is -1.03. The van der Waals surface area contributed by atoms with Crippen LogP contribution in [0.15, 0.2) is 72.9 Å². The zero-order valence-corrected chi connectivity index (χ0v) is 44.2. The molecule has 0 amide bonds. The van der Waals surface area contributed by atoms with Crippen LogP contribution in [0.4, 0.5) is 0 Å². The molecule has 0 N–H and O–H groups in total. The van der Waals surface area contributed by atoms with E-state index >= 15 is 0 Å². The Morgan fingerprint density at radius 1 is 0.299 bits per heavy atom. The predicted octanol–water partition coefficient (Wildman–Crippen LogP) is 19.0. The van der Waals surface area contributed by atoms with Crippen molar-refractivity contribution in [3.63, 3.8) is 0 Å². The van der Waals surface area contributed by atoms with Crippen LogP contribution in [-0.2, 0) is 28.6 Å². The quantitative estimate of drug-likeness (QED) is 0.0262. The average molecular weight is 936 g/mol. The number of hydrogen-bond donors (Lipinski definition) is 0. The summed E-state index contributed by atoms with van der Waals surface area (Å²) in [6.07, 6.45) is 70.6. The normalized spacial score (nSPS) is 12.6. The third-order valence-corrected chi connectivity index (χ3v) is 12.2. The molecule has 386 valence electrons. The Hall–Kier alpha value is -3.15. The van der Waals surface area contributed by atoms with Gasteiger partial charge in [0.1, 0.15) is 13.2 Å². The number of hydrogen-bond acceptors (Lipinski definition) is 6. The lowest BCUT2D eigenvalue weighted by Crippen LogP contribution is -2.30. The smallest absolute Gasteiger partial charge is 0.306 e. The molecule has 67 heavy (non-hydrogen) atoms. The lowest BCUT2D eigenvalue weighted by molar-refractivity contribution is -0.166. The molecule has 1 atom stereocenters. The summed E-state index contributed by atoms with van der Waals surface area (Å²) in [7, 11) is 0.